The number of fused-ring (bicyclic) bond motifs is 3. The second-order valence-electron chi connectivity index (χ2n) is 10.1. The molecule has 7 nitrogen and oxygen atoms in total. The smallest absolute Gasteiger partial charge is 0.407 e. The molecule has 2 N–H and O–H groups in total. The molecule has 35 heavy (non-hydrogen) atoms. The minimum absolute atomic E-state index is 0.0153. The Morgan fingerprint density at radius 2 is 1.66 bits per heavy atom. The molecule has 0 spiro atoms. The van der Waals surface area contributed by atoms with Gasteiger partial charge in [-0.1, -0.05) is 61.9 Å². The molecule has 0 radical (unpaired) electrons. The lowest BCUT2D eigenvalue weighted by molar-refractivity contribution is -0.153. The van der Waals surface area contributed by atoms with E-state index in [1.54, 1.807) is 11.8 Å². The Bertz CT molecular complexity index is 1080. The highest BCUT2D eigenvalue weighted by molar-refractivity contribution is 5.81. The zero-order chi connectivity index (χ0) is 24.5. The zero-order valence-corrected chi connectivity index (χ0v) is 20.0. The first-order valence-corrected chi connectivity index (χ1v) is 12.5. The predicted octanol–water partition coefficient (Wildman–Crippen LogP) is 4.12. The number of hydrogen-bond donors (Lipinski definition) is 2. The number of ether oxygens (including phenoxy) is 1. The summed E-state index contributed by atoms with van der Waals surface area (Å²) in [6.45, 7) is 3.40. The fraction of sp³-hybridized carbons (Fsp3) is 0.464. The summed E-state index contributed by atoms with van der Waals surface area (Å²) in [7, 11) is 0. The van der Waals surface area contributed by atoms with E-state index in [2.05, 4.69) is 29.6 Å². The Hall–Kier alpha value is -3.35. The van der Waals surface area contributed by atoms with Crippen LogP contribution in [-0.4, -0.2) is 54.2 Å². The van der Waals surface area contributed by atoms with Crippen LogP contribution in [0.4, 0.5) is 4.79 Å². The van der Waals surface area contributed by atoms with Gasteiger partial charge < -0.3 is 20.1 Å². The van der Waals surface area contributed by atoms with Crippen molar-refractivity contribution in [3.63, 3.8) is 0 Å². The molecular formula is C28H32N2O5. The van der Waals surface area contributed by atoms with Gasteiger partial charge in [0.25, 0.3) is 0 Å². The predicted molar refractivity (Wildman–Crippen MR) is 131 cm³/mol. The van der Waals surface area contributed by atoms with Crippen LogP contribution in [0, 0.1) is 23.7 Å². The van der Waals surface area contributed by atoms with Crippen LogP contribution < -0.4 is 5.32 Å². The highest BCUT2D eigenvalue weighted by atomic mass is 16.5. The number of aliphatic carboxylic acids is 1. The standard InChI is InChI=1S/C28H32N2O5/c1-17(27(32)33)19-14-30(15-19)26(31)20-12-6-7-18(20)13-29-28(34)35-16-25-23-10-4-2-8-21(23)22-9-3-5-11-24(22)25/h2-5,8-11,17-20,25H,6-7,12-16H2,1H3,(H,29,34)(H,32,33)/t17?,18-,20-/m0/s1. The fourth-order valence-electron chi connectivity index (χ4n) is 5.92. The summed E-state index contributed by atoms with van der Waals surface area (Å²) < 4.78 is 5.64. The molecule has 1 saturated carbocycles. The van der Waals surface area contributed by atoms with Crippen molar-refractivity contribution in [2.45, 2.75) is 32.1 Å². The molecule has 0 bridgehead atoms. The minimum atomic E-state index is -0.812. The molecule has 2 aromatic rings. The van der Waals surface area contributed by atoms with Crippen molar-refractivity contribution in [3.05, 3.63) is 59.7 Å². The van der Waals surface area contributed by atoms with Crippen LogP contribution in [0.25, 0.3) is 11.1 Å². The number of carbonyl (C=O) groups is 3. The van der Waals surface area contributed by atoms with Gasteiger partial charge in [0.1, 0.15) is 6.61 Å². The number of rotatable bonds is 7. The molecule has 2 amide bonds. The third-order valence-electron chi connectivity index (χ3n) is 8.15. The molecule has 1 aliphatic heterocycles. The number of alkyl carbamates (subject to hydrolysis) is 1. The van der Waals surface area contributed by atoms with Crippen LogP contribution in [0.1, 0.15) is 43.2 Å². The van der Waals surface area contributed by atoms with Gasteiger partial charge in [-0.2, -0.15) is 0 Å². The van der Waals surface area contributed by atoms with Gasteiger partial charge in [-0.3, -0.25) is 9.59 Å². The zero-order valence-electron chi connectivity index (χ0n) is 20.0. The van der Waals surface area contributed by atoms with E-state index in [1.807, 2.05) is 24.3 Å². The van der Waals surface area contributed by atoms with Crippen LogP contribution >= 0.6 is 0 Å². The lowest BCUT2D eigenvalue weighted by Gasteiger charge is -2.43. The summed E-state index contributed by atoms with van der Waals surface area (Å²) in [4.78, 5) is 38.5. The maximum Gasteiger partial charge on any atom is 0.407 e. The van der Waals surface area contributed by atoms with Crippen molar-refractivity contribution in [2.24, 2.45) is 23.7 Å². The molecule has 1 saturated heterocycles. The van der Waals surface area contributed by atoms with Crippen LogP contribution in [0.15, 0.2) is 48.5 Å². The summed E-state index contributed by atoms with van der Waals surface area (Å²) in [6, 6.07) is 16.5. The van der Waals surface area contributed by atoms with Crippen molar-refractivity contribution in [1.29, 1.82) is 0 Å². The highest BCUT2D eigenvalue weighted by Crippen LogP contribution is 2.44. The third kappa shape index (κ3) is 4.51. The van der Waals surface area contributed by atoms with Gasteiger partial charge in [0.15, 0.2) is 0 Å². The number of amides is 2. The molecule has 184 valence electrons. The molecule has 3 aliphatic rings. The van der Waals surface area contributed by atoms with Gasteiger partial charge in [-0.25, -0.2) is 4.79 Å². The first-order chi connectivity index (χ1) is 16.9. The van der Waals surface area contributed by atoms with Crippen molar-refractivity contribution < 1.29 is 24.2 Å². The minimum Gasteiger partial charge on any atom is -0.481 e. The Labute approximate surface area is 205 Å². The van der Waals surface area contributed by atoms with E-state index in [-0.39, 0.29) is 36.2 Å². The van der Waals surface area contributed by atoms with E-state index in [1.165, 1.54) is 22.3 Å². The molecule has 2 aromatic carbocycles. The van der Waals surface area contributed by atoms with Gasteiger partial charge in [-0.15, -0.1) is 0 Å². The van der Waals surface area contributed by atoms with Gasteiger partial charge in [0.05, 0.1) is 5.92 Å². The molecule has 2 aliphatic carbocycles. The highest BCUT2D eigenvalue weighted by Gasteiger charge is 2.42. The number of carboxylic acids is 1. The maximum absolute atomic E-state index is 13.0. The van der Waals surface area contributed by atoms with E-state index in [4.69, 9.17) is 4.74 Å². The Balaban J connectivity index is 1.12. The first kappa shape index (κ1) is 23.4. The molecule has 7 heteroatoms. The molecule has 1 heterocycles. The lowest BCUT2D eigenvalue weighted by Crippen LogP contribution is -2.55. The monoisotopic (exact) mass is 476 g/mol. The molecule has 3 atom stereocenters. The van der Waals surface area contributed by atoms with E-state index in [0.717, 1.165) is 19.3 Å². The largest absolute Gasteiger partial charge is 0.481 e. The number of carboxylic acid groups (broad SMARTS) is 1. The second-order valence-corrected chi connectivity index (χ2v) is 10.1. The lowest BCUT2D eigenvalue weighted by atomic mass is 9.85. The van der Waals surface area contributed by atoms with Crippen LogP contribution in [0.5, 0.6) is 0 Å². The number of nitrogens with zero attached hydrogens (tertiary/aromatic N) is 1. The molecule has 5 rings (SSSR count). The number of carbonyl (C=O) groups excluding carboxylic acids is 2. The van der Waals surface area contributed by atoms with Gasteiger partial charge >= 0.3 is 12.1 Å². The summed E-state index contributed by atoms with van der Waals surface area (Å²) in [5.41, 5.74) is 4.73. The molecular weight excluding hydrogens is 444 g/mol. The Morgan fingerprint density at radius 1 is 1.03 bits per heavy atom. The summed E-state index contributed by atoms with van der Waals surface area (Å²) in [5, 5.41) is 12.1. The second kappa shape index (κ2) is 9.72. The van der Waals surface area contributed by atoms with Crippen LogP contribution in [0.3, 0.4) is 0 Å². The third-order valence-corrected chi connectivity index (χ3v) is 8.15. The van der Waals surface area contributed by atoms with Gasteiger partial charge in [-0.05, 0) is 41.0 Å². The average molecular weight is 477 g/mol. The van der Waals surface area contributed by atoms with Crippen LogP contribution in [-0.2, 0) is 14.3 Å². The van der Waals surface area contributed by atoms with Gasteiger partial charge in [0.2, 0.25) is 5.91 Å². The number of nitrogens with one attached hydrogen (secondary N) is 1. The molecule has 2 fully saturated rings. The molecule has 1 unspecified atom stereocenters. The first-order valence-electron chi connectivity index (χ1n) is 12.5. The van der Waals surface area contributed by atoms with E-state index < -0.39 is 18.0 Å². The maximum atomic E-state index is 13.0. The SMILES string of the molecule is CC(C(=O)O)C1CN(C(=O)[C@H]2CCC[C@H]2CNC(=O)OCC2c3ccccc3-c3ccccc32)C1. The molecule has 0 aromatic heterocycles. The quantitative estimate of drug-likeness (QED) is 0.627. The summed E-state index contributed by atoms with van der Waals surface area (Å²) >= 11 is 0. The average Bonchev–Trinajstić information content (AvgIpc) is 3.43. The normalized spacial score (nSPS) is 22.1. The topological polar surface area (TPSA) is 95.9 Å². The summed E-state index contributed by atoms with van der Waals surface area (Å²) in [6.07, 6.45) is 2.20. The number of hydrogen-bond acceptors (Lipinski definition) is 4. The Morgan fingerprint density at radius 3 is 2.29 bits per heavy atom. The summed E-state index contributed by atoms with van der Waals surface area (Å²) in [5.74, 6) is -1.15. The van der Waals surface area contributed by atoms with Crippen molar-refractivity contribution in [2.75, 3.05) is 26.2 Å². The van der Waals surface area contributed by atoms with Crippen molar-refractivity contribution in [3.8, 4) is 11.1 Å². The van der Waals surface area contributed by atoms with E-state index in [9.17, 15) is 19.5 Å². The van der Waals surface area contributed by atoms with E-state index >= 15 is 0 Å². The van der Waals surface area contributed by atoms with Crippen molar-refractivity contribution >= 4 is 18.0 Å². The van der Waals surface area contributed by atoms with Crippen LogP contribution in [0.2, 0.25) is 0 Å². The fourth-order valence-corrected chi connectivity index (χ4v) is 5.92. The number of benzene rings is 2. The Kier molecular flexibility index (Phi) is 6.50. The van der Waals surface area contributed by atoms with Gasteiger partial charge in [0, 0.05) is 37.4 Å². The number of likely N-dealkylation sites (tertiary alicyclic amines) is 1. The van der Waals surface area contributed by atoms with Crippen molar-refractivity contribution in [1.82, 2.24) is 10.2 Å². The van der Waals surface area contributed by atoms with E-state index in [0.29, 0.717) is 19.6 Å².